The van der Waals surface area contributed by atoms with Gasteiger partial charge in [-0.2, -0.15) is 0 Å². The van der Waals surface area contributed by atoms with Crippen LogP contribution in [0.25, 0.3) is 0 Å². The second-order valence-corrected chi connectivity index (χ2v) is 4.90. The molecule has 18 heavy (non-hydrogen) atoms. The number of aryl methyl sites for hydroxylation is 2. The van der Waals surface area contributed by atoms with Crippen molar-refractivity contribution in [1.82, 2.24) is 20.0 Å². The molecule has 5 nitrogen and oxygen atoms in total. The average Bonchev–Trinajstić information content (AvgIpc) is 3.06. The number of rotatable bonds is 3. The number of hydrogen-bond acceptors (Lipinski definition) is 4. The molecule has 0 aliphatic carbocycles. The zero-order chi connectivity index (χ0) is 12.5. The van der Waals surface area contributed by atoms with Crippen LogP contribution in [-0.2, 0) is 6.54 Å². The van der Waals surface area contributed by atoms with Crippen molar-refractivity contribution in [3.05, 3.63) is 35.2 Å². The van der Waals surface area contributed by atoms with Gasteiger partial charge in [-0.15, -0.1) is 0 Å². The quantitative estimate of drug-likeness (QED) is 0.899. The van der Waals surface area contributed by atoms with E-state index in [4.69, 9.17) is 4.52 Å². The van der Waals surface area contributed by atoms with Crippen molar-refractivity contribution in [2.45, 2.75) is 39.3 Å². The number of nitrogens with zero attached hydrogens (tertiary/aromatic N) is 3. The Hall–Kier alpha value is -1.62. The summed E-state index contributed by atoms with van der Waals surface area (Å²) in [4.78, 5) is 4.28. The predicted octanol–water partition coefficient (Wildman–Crippen LogP) is 1.96. The summed E-state index contributed by atoms with van der Waals surface area (Å²) in [6.07, 6.45) is 6.27. The molecule has 1 saturated heterocycles. The predicted molar refractivity (Wildman–Crippen MR) is 67.3 cm³/mol. The summed E-state index contributed by atoms with van der Waals surface area (Å²) in [6.45, 7) is 5.83. The van der Waals surface area contributed by atoms with E-state index in [1.807, 2.05) is 26.4 Å². The maximum absolute atomic E-state index is 5.21. The highest BCUT2D eigenvalue weighted by molar-refractivity contribution is 5.22. The number of imidazole rings is 1. The molecule has 0 saturated carbocycles. The highest BCUT2D eigenvalue weighted by Gasteiger charge is 2.20. The monoisotopic (exact) mass is 246 g/mol. The molecule has 0 radical (unpaired) electrons. The molecule has 2 aromatic rings. The topological polar surface area (TPSA) is 55.9 Å². The van der Waals surface area contributed by atoms with Crippen LogP contribution < -0.4 is 5.32 Å². The largest absolute Gasteiger partial charge is 0.361 e. The molecule has 3 heterocycles. The van der Waals surface area contributed by atoms with Gasteiger partial charge in [0.2, 0.25) is 0 Å². The lowest BCUT2D eigenvalue weighted by atomic mass is 10.1. The van der Waals surface area contributed by atoms with Crippen LogP contribution in [0.1, 0.15) is 41.6 Å². The highest BCUT2D eigenvalue weighted by Crippen LogP contribution is 2.24. The molecule has 0 amide bonds. The highest BCUT2D eigenvalue weighted by atomic mass is 16.5. The fourth-order valence-corrected chi connectivity index (χ4v) is 2.59. The van der Waals surface area contributed by atoms with Gasteiger partial charge in [-0.3, -0.25) is 0 Å². The Morgan fingerprint density at radius 1 is 1.50 bits per heavy atom. The van der Waals surface area contributed by atoms with E-state index in [1.165, 1.54) is 18.5 Å². The summed E-state index contributed by atoms with van der Waals surface area (Å²) in [7, 11) is 0. The van der Waals surface area contributed by atoms with Gasteiger partial charge in [-0.05, 0) is 33.2 Å². The van der Waals surface area contributed by atoms with Gasteiger partial charge in [-0.1, -0.05) is 5.16 Å². The molecule has 1 atom stereocenters. The molecular weight excluding hydrogens is 228 g/mol. The SMILES string of the molecule is Cc1noc(C)c1Cn1cncc1C1CCCN1. The second-order valence-electron chi connectivity index (χ2n) is 4.90. The third kappa shape index (κ3) is 1.95. The third-order valence-corrected chi connectivity index (χ3v) is 3.67. The van der Waals surface area contributed by atoms with Gasteiger partial charge in [0, 0.05) is 17.8 Å². The van der Waals surface area contributed by atoms with Gasteiger partial charge in [0.05, 0.1) is 24.3 Å². The molecule has 1 aliphatic rings. The maximum Gasteiger partial charge on any atom is 0.138 e. The fourth-order valence-electron chi connectivity index (χ4n) is 2.59. The van der Waals surface area contributed by atoms with E-state index in [0.29, 0.717) is 6.04 Å². The fraction of sp³-hybridized carbons (Fsp3) is 0.538. The Balaban J connectivity index is 1.87. The van der Waals surface area contributed by atoms with Crippen molar-refractivity contribution in [2.24, 2.45) is 0 Å². The summed E-state index contributed by atoms with van der Waals surface area (Å²) >= 11 is 0. The molecule has 5 heteroatoms. The smallest absolute Gasteiger partial charge is 0.138 e. The van der Waals surface area contributed by atoms with Gasteiger partial charge in [0.1, 0.15) is 5.76 Å². The molecule has 1 fully saturated rings. The second kappa shape index (κ2) is 4.57. The van der Waals surface area contributed by atoms with Crippen LogP contribution in [0.15, 0.2) is 17.0 Å². The van der Waals surface area contributed by atoms with Gasteiger partial charge in [0.15, 0.2) is 0 Å². The molecule has 96 valence electrons. The molecule has 1 aliphatic heterocycles. The Morgan fingerprint density at radius 2 is 2.39 bits per heavy atom. The molecule has 2 aromatic heterocycles. The molecule has 0 spiro atoms. The summed E-state index contributed by atoms with van der Waals surface area (Å²) in [5.74, 6) is 0.895. The summed E-state index contributed by atoms with van der Waals surface area (Å²) in [6, 6.07) is 0.438. The van der Waals surface area contributed by atoms with Crippen LogP contribution in [0, 0.1) is 13.8 Å². The van der Waals surface area contributed by atoms with Crippen molar-refractivity contribution in [2.75, 3.05) is 6.54 Å². The minimum atomic E-state index is 0.438. The average molecular weight is 246 g/mol. The van der Waals surface area contributed by atoms with Crippen molar-refractivity contribution < 1.29 is 4.52 Å². The number of aromatic nitrogens is 3. The van der Waals surface area contributed by atoms with E-state index in [-0.39, 0.29) is 0 Å². The first kappa shape index (κ1) is 11.5. The zero-order valence-electron chi connectivity index (χ0n) is 10.8. The summed E-state index contributed by atoms with van der Waals surface area (Å²) in [5.41, 5.74) is 3.38. The standard InChI is InChI=1S/C13H18N4O/c1-9-11(10(2)18-16-9)7-17-8-14-6-13(17)12-4-3-5-15-12/h6,8,12,15H,3-5,7H2,1-2H3. The first-order chi connectivity index (χ1) is 8.75. The van der Waals surface area contributed by atoms with Crippen molar-refractivity contribution in [3.63, 3.8) is 0 Å². The first-order valence-corrected chi connectivity index (χ1v) is 6.41. The summed E-state index contributed by atoms with van der Waals surface area (Å²) < 4.78 is 7.40. The first-order valence-electron chi connectivity index (χ1n) is 6.41. The molecule has 0 aromatic carbocycles. The Labute approximate surface area is 106 Å². The molecule has 0 bridgehead atoms. The van der Waals surface area contributed by atoms with E-state index in [0.717, 1.165) is 30.1 Å². The maximum atomic E-state index is 5.21. The van der Waals surface area contributed by atoms with Gasteiger partial charge < -0.3 is 14.4 Å². The lowest BCUT2D eigenvalue weighted by molar-refractivity contribution is 0.392. The van der Waals surface area contributed by atoms with Crippen LogP contribution in [0.2, 0.25) is 0 Å². The van der Waals surface area contributed by atoms with E-state index in [9.17, 15) is 0 Å². The molecular formula is C13H18N4O. The minimum absolute atomic E-state index is 0.438. The van der Waals surface area contributed by atoms with Gasteiger partial charge in [-0.25, -0.2) is 4.98 Å². The Bertz CT molecular complexity index is 517. The van der Waals surface area contributed by atoms with Crippen LogP contribution in [0.5, 0.6) is 0 Å². The third-order valence-electron chi connectivity index (χ3n) is 3.67. The van der Waals surface area contributed by atoms with E-state index in [1.54, 1.807) is 0 Å². The van der Waals surface area contributed by atoms with E-state index < -0.39 is 0 Å². The van der Waals surface area contributed by atoms with E-state index in [2.05, 4.69) is 20.0 Å². The van der Waals surface area contributed by atoms with Crippen molar-refractivity contribution in [1.29, 1.82) is 0 Å². The van der Waals surface area contributed by atoms with Crippen molar-refractivity contribution in [3.8, 4) is 0 Å². The number of hydrogen-bond donors (Lipinski definition) is 1. The lowest BCUT2D eigenvalue weighted by Gasteiger charge is -2.13. The van der Waals surface area contributed by atoms with Crippen molar-refractivity contribution >= 4 is 0 Å². The van der Waals surface area contributed by atoms with Gasteiger partial charge in [0.25, 0.3) is 0 Å². The van der Waals surface area contributed by atoms with Crippen LogP contribution in [-0.4, -0.2) is 21.3 Å². The Morgan fingerprint density at radius 3 is 3.06 bits per heavy atom. The van der Waals surface area contributed by atoms with Crippen LogP contribution in [0.4, 0.5) is 0 Å². The van der Waals surface area contributed by atoms with Crippen LogP contribution in [0.3, 0.4) is 0 Å². The number of nitrogens with one attached hydrogen (secondary N) is 1. The lowest BCUT2D eigenvalue weighted by Crippen LogP contribution is -2.17. The van der Waals surface area contributed by atoms with E-state index >= 15 is 0 Å². The molecule has 1 unspecified atom stereocenters. The molecule has 3 rings (SSSR count). The normalized spacial score (nSPS) is 19.6. The van der Waals surface area contributed by atoms with Gasteiger partial charge >= 0.3 is 0 Å². The van der Waals surface area contributed by atoms with Crippen LogP contribution >= 0.6 is 0 Å². The molecule has 1 N–H and O–H groups in total. The summed E-state index contributed by atoms with van der Waals surface area (Å²) in [5, 5.41) is 7.51. The zero-order valence-corrected chi connectivity index (χ0v) is 10.8. The minimum Gasteiger partial charge on any atom is -0.361 e. The Kier molecular flexibility index (Phi) is 2.91.